The van der Waals surface area contributed by atoms with Crippen LogP contribution >= 0.6 is 0 Å². The van der Waals surface area contributed by atoms with E-state index in [-0.39, 0.29) is 0 Å². The van der Waals surface area contributed by atoms with Crippen LogP contribution < -0.4 is 10.6 Å². The molecule has 6 heteroatoms. The Morgan fingerprint density at radius 3 is 1.55 bits per heavy atom. The zero-order chi connectivity index (χ0) is 14.5. The average molecular weight is 274 g/mol. The van der Waals surface area contributed by atoms with Crippen molar-refractivity contribution in [1.29, 1.82) is 0 Å². The van der Waals surface area contributed by atoms with Gasteiger partial charge < -0.3 is 9.47 Å². The summed E-state index contributed by atoms with van der Waals surface area (Å²) in [5.74, 6) is 0. The second-order valence-electron chi connectivity index (χ2n) is 4.01. The molecule has 0 bridgehead atoms. The lowest BCUT2D eigenvalue weighted by atomic mass is 10.1. The molecule has 0 fully saturated rings. The maximum atomic E-state index is 11.1. The minimum atomic E-state index is -0.520. The van der Waals surface area contributed by atoms with Crippen molar-refractivity contribution < 1.29 is 19.1 Å². The summed E-state index contributed by atoms with van der Waals surface area (Å²) in [6, 6.07) is 10.8. The first kappa shape index (κ1) is 13.7. The van der Waals surface area contributed by atoms with E-state index in [1.54, 1.807) is 12.1 Å². The number of carbonyl (C=O) groups excluding carboxylic acids is 2. The van der Waals surface area contributed by atoms with Gasteiger partial charge in [0.1, 0.15) is 0 Å². The van der Waals surface area contributed by atoms with Crippen molar-refractivity contribution in [3.05, 3.63) is 36.4 Å². The topological polar surface area (TPSA) is 76.7 Å². The third-order valence-electron chi connectivity index (χ3n) is 2.70. The summed E-state index contributed by atoms with van der Waals surface area (Å²) in [4.78, 5) is 22.3. The fraction of sp³-hybridized carbons (Fsp3) is 0.143. The van der Waals surface area contributed by atoms with Crippen LogP contribution in [-0.2, 0) is 9.47 Å². The molecule has 104 valence electrons. The monoisotopic (exact) mass is 274 g/mol. The standard InChI is InChI=1S/C14H14N2O4/c1-19-13(17)15-11-5-3-10-8-12(16-14(18)20-2)6-4-9(10)7-11/h3-8H,1-2H3,(H,15,17)(H,16,18). The number of rotatable bonds is 2. The molecule has 2 N–H and O–H groups in total. The van der Waals surface area contributed by atoms with E-state index >= 15 is 0 Å². The molecular formula is C14H14N2O4. The number of nitrogens with one attached hydrogen (secondary N) is 2. The van der Waals surface area contributed by atoms with Gasteiger partial charge >= 0.3 is 12.2 Å². The van der Waals surface area contributed by atoms with Crippen molar-refractivity contribution in [2.45, 2.75) is 0 Å². The molecule has 0 atom stereocenters. The smallest absolute Gasteiger partial charge is 0.411 e. The Kier molecular flexibility index (Phi) is 4.05. The number of carbonyl (C=O) groups is 2. The molecule has 6 nitrogen and oxygen atoms in total. The molecule has 2 rings (SSSR count). The fourth-order valence-corrected chi connectivity index (χ4v) is 1.74. The van der Waals surface area contributed by atoms with Crippen molar-refractivity contribution in [3.63, 3.8) is 0 Å². The highest BCUT2D eigenvalue weighted by Gasteiger charge is 2.04. The van der Waals surface area contributed by atoms with Crippen LogP contribution in [0, 0.1) is 0 Å². The molecule has 0 aliphatic heterocycles. The Morgan fingerprint density at radius 2 is 1.20 bits per heavy atom. The van der Waals surface area contributed by atoms with E-state index < -0.39 is 12.2 Å². The number of ether oxygens (including phenoxy) is 2. The quantitative estimate of drug-likeness (QED) is 0.881. The lowest BCUT2D eigenvalue weighted by Crippen LogP contribution is -2.11. The van der Waals surface area contributed by atoms with Gasteiger partial charge in [-0.3, -0.25) is 10.6 Å². The summed E-state index contributed by atoms with van der Waals surface area (Å²) >= 11 is 0. The van der Waals surface area contributed by atoms with Crippen molar-refractivity contribution in [2.75, 3.05) is 24.9 Å². The van der Waals surface area contributed by atoms with Gasteiger partial charge in [0, 0.05) is 11.4 Å². The summed E-state index contributed by atoms with van der Waals surface area (Å²) in [6.07, 6.45) is -1.04. The van der Waals surface area contributed by atoms with Crippen molar-refractivity contribution >= 4 is 34.3 Å². The van der Waals surface area contributed by atoms with Crippen LogP contribution in [0.4, 0.5) is 21.0 Å². The molecule has 0 unspecified atom stereocenters. The second-order valence-corrected chi connectivity index (χ2v) is 4.01. The molecule has 0 heterocycles. The molecule has 0 saturated carbocycles. The molecule has 20 heavy (non-hydrogen) atoms. The third-order valence-corrected chi connectivity index (χ3v) is 2.70. The minimum absolute atomic E-state index is 0.520. The van der Waals surface area contributed by atoms with Gasteiger partial charge in [0.2, 0.25) is 0 Å². The first-order valence-electron chi connectivity index (χ1n) is 5.86. The number of fused-ring (bicyclic) bond motifs is 1. The fourth-order valence-electron chi connectivity index (χ4n) is 1.74. The minimum Gasteiger partial charge on any atom is -0.453 e. The Bertz CT molecular complexity index is 597. The molecule has 2 aromatic rings. The molecule has 0 saturated heterocycles. The molecule has 2 aromatic carbocycles. The Morgan fingerprint density at radius 1 is 0.800 bits per heavy atom. The number of anilines is 2. The van der Waals surface area contributed by atoms with Crippen LogP contribution in [0.2, 0.25) is 0 Å². The predicted octanol–water partition coefficient (Wildman–Crippen LogP) is 3.20. The highest BCUT2D eigenvalue weighted by molar-refractivity contribution is 5.94. The van der Waals surface area contributed by atoms with Gasteiger partial charge in [-0.25, -0.2) is 9.59 Å². The summed E-state index contributed by atoms with van der Waals surface area (Å²) in [6.45, 7) is 0. The molecule has 0 aromatic heterocycles. The number of benzene rings is 2. The maximum absolute atomic E-state index is 11.1. The molecular weight excluding hydrogens is 260 g/mol. The Balaban J connectivity index is 2.25. The van der Waals surface area contributed by atoms with Gasteiger partial charge in [-0.15, -0.1) is 0 Å². The number of methoxy groups -OCH3 is 2. The highest BCUT2D eigenvalue weighted by atomic mass is 16.5. The van der Waals surface area contributed by atoms with Gasteiger partial charge in [0.25, 0.3) is 0 Å². The maximum Gasteiger partial charge on any atom is 0.411 e. The summed E-state index contributed by atoms with van der Waals surface area (Å²) < 4.78 is 9.06. The molecule has 0 aliphatic rings. The van der Waals surface area contributed by atoms with Gasteiger partial charge in [-0.05, 0) is 35.0 Å². The molecule has 0 radical (unpaired) electrons. The summed E-state index contributed by atoms with van der Waals surface area (Å²) in [7, 11) is 2.61. The lowest BCUT2D eigenvalue weighted by Gasteiger charge is -2.07. The van der Waals surface area contributed by atoms with E-state index in [1.807, 2.05) is 24.3 Å². The van der Waals surface area contributed by atoms with E-state index in [0.717, 1.165) is 10.8 Å². The zero-order valence-corrected chi connectivity index (χ0v) is 11.1. The summed E-state index contributed by atoms with van der Waals surface area (Å²) in [5.41, 5.74) is 1.27. The van der Waals surface area contributed by atoms with Crippen molar-refractivity contribution in [2.24, 2.45) is 0 Å². The van der Waals surface area contributed by atoms with Crippen LogP contribution in [0.1, 0.15) is 0 Å². The highest BCUT2D eigenvalue weighted by Crippen LogP contribution is 2.23. The molecule has 0 aliphatic carbocycles. The van der Waals surface area contributed by atoms with Crippen LogP contribution in [-0.4, -0.2) is 26.4 Å². The first-order chi connectivity index (χ1) is 9.62. The van der Waals surface area contributed by atoms with Gasteiger partial charge in [-0.1, -0.05) is 12.1 Å². The van der Waals surface area contributed by atoms with E-state index in [4.69, 9.17) is 0 Å². The van der Waals surface area contributed by atoms with Crippen molar-refractivity contribution in [3.8, 4) is 0 Å². The van der Waals surface area contributed by atoms with E-state index in [2.05, 4.69) is 20.1 Å². The van der Waals surface area contributed by atoms with E-state index in [1.165, 1.54) is 14.2 Å². The number of hydrogen-bond acceptors (Lipinski definition) is 4. The lowest BCUT2D eigenvalue weighted by molar-refractivity contribution is 0.186. The Hall–Kier alpha value is -2.76. The third kappa shape index (κ3) is 3.17. The molecule has 0 spiro atoms. The van der Waals surface area contributed by atoms with Crippen LogP contribution in [0.3, 0.4) is 0 Å². The van der Waals surface area contributed by atoms with Gasteiger partial charge in [0.15, 0.2) is 0 Å². The predicted molar refractivity (Wildman–Crippen MR) is 76.0 cm³/mol. The van der Waals surface area contributed by atoms with Crippen LogP contribution in [0.25, 0.3) is 10.8 Å². The molecule has 2 amide bonds. The second kappa shape index (κ2) is 5.92. The number of hydrogen-bond donors (Lipinski definition) is 2. The SMILES string of the molecule is COC(=O)Nc1ccc2cc(NC(=O)OC)ccc2c1. The Labute approximate surface area is 115 Å². The zero-order valence-electron chi connectivity index (χ0n) is 11.1. The van der Waals surface area contributed by atoms with Crippen LogP contribution in [0.5, 0.6) is 0 Å². The van der Waals surface area contributed by atoms with Gasteiger partial charge in [0.05, 0.1) is 14.2 Å². The first-order valence-corrected chi connectivity index (χ1v) is 5.86. The van der Waals surface area contributed by atoms with Gasteiger partial charge in [-0.2, -0.15) is 0 Å². The summed E-state index contributed by atoms with van der Waals surface area (Å²) in [5, 5.41) is 7.03. The number of amides is 2. The van der Waals surface area contributed by atoms with E-state index in [0.29, 0.717) is 11.4 Å². The van der Waals surface area contributed by atoms with E-state index in [9.17, 15) is 9.59 Å². The van der Waals surface area contributed by atoms with Crippen LogP contribution in [0.15, 0.2) is 36.4 Å². The van der Waals surface area contributed by atoms with Crippen molar-refractivity contribution in [1.82, 2.24) is 0 Å². The average Bonchev–Trinajstić information content (AvgIpc) is 2.47. The normalized spacial score (nSPS) is 9.90. The largest absolute Gasteiger partial charge is 0.453 e.